The van der Waals surface area contributed by atoms with E-state index in [0.29, 0.717) is 31.5 Å². The summed E-state index contributed by atoms with van der Waals surface area (Å²) in [5.74, 6) is -2.48. The van der Waals surface area contributed by atoms with Gasteiger partial charge in [-0.25, -0.2) is 0 Å². The van der Waals surface area contributed by atoms with Gasteiger partial charge in [0, 0.05) is 24.6 Å². The van der Waals surface area contributed by atoms with Crippen molar-refractivity contribution in [3.8, 4) is 0 Å². The summed E-state index contributed by atoms with van der Waals surface area (Å²) in [4.78, 5) is 36.7. The van der Waals surface area contributed by atoms with Gasteiger partial charge in [0.05, 0.1) is 0 Å². The zero-order valence-electron chi connectivity index (χ0n) is 12.0. The highest BCUT2D eigenvalue weighted by Gasteiger charge is 2.31. The maximum absolute atomic E-state index is 12.3. The van der Waals surface area contributed by atoms with Gasteiger partial charge >= 0.3 is 5.97 Å². The van der Waals surface area contributed by atoms with Crippen molar-refractivity contribution < 1.29 is 19.5 Å². The number of amides is 1. The maximum Gasteiger partial charge on any atom is 0.315 e. The van der Waals surface area contributed by atoms with Crippen molar-refractivity contribution in [1.29, 1.82) is 0 Å². The molecule has 5 nitrogen and oxygen atoms in total. The summed E-state index contributed by atoms with van der Waals surface area (Å²) in [5.41, 5.74) is 0.696. The fourth-order valence-electron chi connectivity index (χ4n) is 2.58. The molecule has 0 spiro atoms. The molecule has 0 aliphatic carbocycles. The highest BCUT2D eigenvalue weighted by Crippen LogP contribution is 2.22. The lowest BCUT2D eigenvalue weighted by Gasteiger charge is -2.32. The molecule has 1 aromatic rings. The van der Waals surface area contributed by atoms with Gasteiger partial charge in [-0.05, 0) is 19.8 Å². The predicted molar refractivity (Wildman–Crippen MR) is 76.9 cm³/mol. The number of hydrogen-bond acceptors (Lipinski definition) is 3. The van der Waals surface area contributed by atoms with E-state index < -0.39 is 11.9 Å². The van der Waals surface area contributed by atoms with Gasteiger partial charge in [0.1, 0.15) is 5.92 Å². The number of carbonyl (C=O) groups is 3. The summed E-state index contributed by atoms with van der Waals surface area (Å²) >= 11 is 0. The Balaban J connectivity index is 1.93. The molecule has 1 atom stereocenters. The van der Waals surface area contributed by atoms with E-state index in [2.05, 4.69) is 0 Å². The molecule has 21 heavy (non-hydrogen) atoms. The van der Waals surface area contributed by atoms with Crippen LogP contribution in [0.15, 0.2) is 30.3 Å². The molecule has 112 valence electrons. The van der Waals surface area contributed by atoms with Crippen LogP contribution in [0.3, 0.4) is 0 Å². The third-order valence-corrected chi connectivity index (χ3v) is 3.98. The van der Waals surface area contributed by atoms with Gasteiger partial charge in [-0.1, -0.05) is 30.3 Å². The van der Waals surface area contributed by atoms with Crippen LogP contribution in [0.5, 0.6) is 0 Å². The van der Waals surface area contributed by atoms with Crippen LogP contribution in [0.1, 0.15) is 30.1 Å². The Hall–Kier alpha value is -2.17. The van der Waals surface area contributed by atoms with Crippen LogP contribution in [0.25, 0.3) is 0 Å². The largest absolute Gasteiger partial charge is 0.481 e. The van der Waals surface area contributed by atoms with Crippen molar-refractivity contribution in [2.24, 2.45) is 11.8 Å². The number of hydrogen-bond donors (Lipinski definition) is 1. The summed E-state index contributed by atoms with van der Waals surface area (Å²) in [6, 6.07) is 9.13. The molecule has 1 aliphatic heterocycles. The van der Waals surface area contributed by atoms with Gasteiger partial charge in [-0.15, -0.1) is 0 Å². The van der Waals surface area contributed by atoms with Crippen LogP contribution in [0.2, 0.25) is 0 Å². The van der Waals surface area contributed by atoms with Gasteiger partial charge in [0.2, 0.25) is 5.91 Å². The molecule has 0 saturated carbocycles. The first-order valence-corrected chi connectivity index (χ1v) is 7.11. The van der Waals surface area contributed by atoms with E-state index in [1.807, 2.05) is 18.2 Å². The highest BCUT2D eigenvalue weighted by atomic mass is 16.4. The van der Waals surface area contributed by atoms with Gasteiger partial charge in [-0.3, -0.25) is 14.4 Å². The Labute approximate surface area is 123 Å². The van der Waals surface area contributed by atoms with Crippen molar-refractivity contribution in [3.05, 3.63) is 35.9 Å². The topological polar surface area (TPSA) is 74.7 Å². The lowest BCUT2D eigenvalue weighted by Crippen LogP contribution is -2.44. The van der Waals surface area contributed by atoms with E-state index in [0.717, 1.165) is 0 Å². The van der Waals surface area contributed by atoms with Crippen molar-refractivity contribution >= 4 is 17.7 Å². The van der Waals surface area contributed by atoms with Crippen LogP contribution in [0, 0.1) is 11.8 Å². The van der Waals surface area contributed by atoms with Crippen molar-refractivity contribution in [2.45, 2.75) is 19.8 Å². The van der Waals surface area contributed by atoms with E-state index in [4.69, 9.17) is 5.11 Å². The number of aliphatic carboxylic acids is 1. The molecule has 0 radical (unpaired) electrons. The lowest BCUT2D eigenvalue weighted by molar-refractivity contribution is -0.150. The lowest BCUT2D eigenvalue weighted by atomic mass is 9.88. The van der Waals surface area contributed by atoms with Crippen LogP contribution < -0.4 is 0 Å². The van der Waals surface area contributed by atoms with E-state index in [9.17, 15) is 14.4 Å². The number of benzene rings is 1. The molecule has 1 heterocycles. The summed E-state index contributed by atoms with van der Waals surface area (Å²) < 4.78 is 0. The molecule has 1 amide bonds. The van der Waals surface area contributed by atoms with Crippen molar-refractivity contribution in [3.63, 3.8) is 0 Å². The van der Waals surface area contributed by atoms with E-state index in [1.54, 1.807) is 17.0 Å². The molecule has 1 unspecified atom stereocenters. The molecular formula is C16H19NO4. The molecular weight excluding hydrogens is 270 g/mol. The van der Waals surface area contributed by atoms with Crippen LogP contribution in [-0.4, -0.2) is 40.8 Å². The predicted octanol–water partition coefficient (Wildman–Crippen LogP) is 1.83. The minimum absolute atomic E-state index is 0.0865. The monoisotopic (exact) mass is 289 g/mol. The van der Waals surface area contributed by atoms with Crippen LogP contribution in [-0.2, 0) is 9.59 Å². The standard InChI is InChI=1S/C16H19NO4/c1-11(16(20)21)15(19)17-9-7-13(8-10-17)14(18)12-5-3-2-4-6-12/h2-6,11,13H,7-10H2,1H3,(H,20,21). The number of ketones is 1. The molecule has 0 aromatic heterocycles. The minimum atomic E-state index is -1.11. The fourth-order valence-corrected chi connectivity index (χ4v) is 2.58. The smallest absolute Gasteiger partial charge is 0.315 e. The van der Waals surface area contributed by atoms with E-state index in [-0.39, 0.29) is 17.6 Å². The van der Waals surface area contributed by atoms with Crippen molar-refractivity contribution in [1.82, 2.24) is 4.90 Å². The number of piperidine rings is 1. The SMILES string of the molecule is CC(C(=O)O)C(=O)N1CCC(C(=O)c2ccccc2)CC1. The minimum Gasteiger partial charge on any atom is -0.481 e. The number of Topliss-reactive ketones (excluding diaryl/α,β-unsaturated/α-hetero) is 1. The average Bonchev–Trinajstić information content (AvgIpc) is 2.53. The normalized spacial score (nSPS) is 17.3. The molecule has 1 aromatic carbocycles. The van der Waals surface area contributed by atoms with Crippen molar-refractivity contribution in [2.75, 3.05) is 13.1 Å². The molecule has 2 rings (SSSR count). The van der Waals surface area contributed by atoms with Gasteiger partial charge in [-0.2, -0.15) is 0 Å². The molecule has 1 aliphatic rings. The first-order valence-electron chi connectivity index (χ1n) is 7.11. The Morgan fingerprint density at radius 3 is 2.24 bits per heavy atom. The third kappa shape index (κ3) is 3.48. The molecule has 1 fully saturated rings. The number of nitrogens with zero attached hydrogens (tertiary/aromatic N) is 1. The maximum atomic E-state index is 12.3. The zero-order valence-corrected chi connectivity index (χ0v) is 12.0. The van der Waals surface area contributed by atoms with Crippen LogP contribution in [0.4, 0.5) is 0 Å². The first kappa shape index (κ1) is 15.2. The Kier molecular flexibility index (Phi) is 4.73. The second-order valence-corrected chi connectivity index (χ2v) is 5.39. The Morgan fingerprint density at radius 2 is 1.71 bits per heavy atom. The molecule has 1 N–H and O–H groups in total. The summed E-state index contributed by atoms with van der Waals surface area (Å²) in [6.45, 7) is 2.28. The number of likely N-dealkylation sites (tertiary alicyclic amines) is 1. The van der Waals surface area contributed by atoms with E-state index >= 15 is 0 Å². The average molecular weight is 289 g/mol. The highest BCUT2D eigenvalue weighted by molar-refractivity contribution is 5.98. The molecule has 5 heteroatoms. The third-order valence-electron chi connectivity index (χ3n) is 3.98. The second kappa shape index (κ2) is 6.52. The number of carboxylic acids is 1. The Morgan fingerprint density at radius 1 is 1.14 bits per heavy atom. The number of carbonyl (C=O) groups excluding carboxylic acids is 2. The van der Waals surface area contributed by atoms with Crippen LogP contribution >= 0.6 is 0 Å². The number of rotatable bonds is 4. The quantitative estimate of drug-likeness (QED) is 0.678. The molecule has 0 bridgehead atoms. The second-order valence-electron chi connectivity index (χ2n) is 5.39. The summed E-state index contributed by atoms with van der Waals surface area (Å²) in [7, 11) is 0. The molecule has 1 saturated heterocycles. The Bertz CT molecular complexity index is 532. The van der Waals surface area contributed by atoms with Gasteiger partial charge in [0.25, 0.3) is 0 Å². The zero-order chi connectivity index (χ0) is 15.4. The van der Waals surface area contributed by atoms with Gasteiger partial charge in [0.15, 0.2) is 5.78 Å². The van der Waals surface area contributed by atoms with Gasteiger partial charge < -0.3 is 10.0 Å². The number of carboxylic acid groups (broad SMARTS) is 1. The summed E-state index contributed by atoms with van der Waals surface area (Å²) in [5, 5.41) is 8.87. The van der Waals surface area contributed by atoms with E-state index in [1.165, 1.54) is 6.92 Å². The fraction of sp³-hybridized carbons (Fsp3) is 0.438. The summed E-state index contributed by atoms with van der Waals surface area (Å²) in [6.07, 6.45) is 1.18. The first-order chi connectivity index (χ1) is 10.0.